The van der Waals surface area contributed by atoms with Crippen LogP contribution in [-0.4, -0.2) is 335 Å². The third-order valence-corrected chi connectivity index (χ3v) is 14.8. The molecule has 1 unspecified atom stereocenters. The fourth-order valence-electron chi connectivity index (χ4n) is 9.14. The molecule has 0 saturated carbocycles. The standard InChI is InChI=1S/C55H101N13O24/c56-55(4-1-46(72)59-7-10-81-13-16-84-19-22-87-31-37(64-57)25-62-40-34-90-43(28-69)52(78)49(40)75,5-2-47(73)60-8-11-82-14-17-85-20-23-88-32-38(65-58)26-63-41-35-91-44(29-70)53(79)50(41)76)6-3-48(74)61-9-12-83-15-18-86-21-24-89-33-39-27-68(67-66-39)42-36-92-45(30-71)54(80)51(42)77/h25-27,40-45,49-54,62,64,69-71,75-80H,1-24,28-36,56-58H2,(H,59,72)(H,60,73)(H,61,74)/b37-25-,63-26?,65-38?/t40-,41-,42-,43+,44+,45+,49+,50+,51+,52-,53-,54-,55?/m0/s1. The molecule has 3 aliphatic rings. The fourth-order valence-corrected chi connectivity index (χ4v) is 9.14. The highest BCUT2D eigenvalue weighted by molar-refractivity contribution is 6.31. The van der Waals surface area contributed by atoms with Gasteiger partial charge in [0, 0.05) is 56.9 Å². The van der Waals surface area contributed by atoms with Crippen LogP contribution in [0.1, 0.15) is 50.3 Å². The SMILES string of the molecule is NN=C(C=N[C@H]1CO[C@H](CO)[C@H](O)[C@@H]1O)COCCOCCOCCNC(=O)CCC(N)(CCC(=O)NCCOCCOCCOC/C(=C/N[C@H]1CO[C@H](CO)[C@H](O)[C@@H]1O)NN)CCC(=O)NCCOCCOCCOCc1cn([C@H]2CO[C@H](CO)[C@H](O)[C@@H]2O)nn1. The Morgan fingerprint density at radius 2 is 1.02 bits per heavy atom. The van der Waals surface area contributed by atoms with Gasteiger partial charge in [0.25, 0.3) is 0 Å². The van der Waals surface area contributed by atoms with Gasteiger partial charge in [0.05, 0.1) is 177 Å². The van der Waals surface area contributed by atoms with Crippen molar-refractivity contribution in [3.05, 3.63) is 23.8 Å². The Labute approximate surface area is 533 Å². The number of aliphatic imine (C=N–C) groups is 1. The minimum absolute atomic E-state index is 0.00472. The van der Waals surface area contributed by atoms with E-state index < -0.39 is 98.4 Å². The maximum atomic E-state index is 12.9. The smallest absolute Gasteiger partial charge is 0.220 e. The summed E-state index contributed by atoms with van der Waals surface area (Å²) >= 11 is 0. The monoisotopic (exact) mass is 1330 g/mol. The van der Waals surface area contributed by atoms with Crippen LogP contribution in [0.4, 0.5) is 0 Å². The molecular formula is C55H101N13O24. The van der Waals surface area contributed by atoms with Gasteiger partial charge in [0.15, 0.2) is 0 Å². The molecule has 0 bridgehead atoms. The van der Waals surface area contributed by atoms with Gasteiger partial charge in [-0.15, -0.1) is 5.10 Å². The van der Waals surface area contributed by atoms with Crippen LogP contribution in [-0.2, 0) is 77.8 Å². The molecule has 20 N–H and O–H groups in total. The quantitative estimate of drug-likeness (QED) is 0.0125. The molecule has 37 nitrogen and oxygen atoms in total. The van der Waals surface area contributed by atoms with E-state index in [1.165, 1.54) is 17.1 Å². The second kappa shape index (κ2) is 47.1. The number of aliphatic hydroxyl groups is 9. The van der Waals surface area contributed by atoms with E-state index in [1.54, 1.807) is 6.20 Å². The predicted octanol–water partition coefficient (Wildman–Crippen LogP) is -8.79. The maximum Gasteiger partial charge on any atom is 0.220 e. The number of nitrogens with one attached hydrogen (secondary N) is 5. The van der Waals surface area contributed by atoms with Crippen molar-refractivity contribution in [3.8, 4) is 0 Å². The zero-order valence-corrected chi connectivity index (χ0v) is 52.1. The van der Waals surface area contributed by atoms with E-state index in [1.807, 2.05) is 0 Å². The first kappa shape index (κ1) is 79.5. The van der Waals surface area contributed by atoms with E-state index >= 15 is 0 Å². The highest BCUT2D eigenvalue weighted by Gasteiger charge is 2.41. The largest absolute Gasteiger partial charge is 0.394 e. The fraction of sp³-hybridized carbons (Fsp3) is 0.836. The summed E-state index contributed by atoms with van der Waals surface area (Å²) in [6.07, 6.45) is -5.06. The third kappa shape index (κ3) is 31.1. The van der Waals surface area contributed by atoms with Gasteiger partial charge in [-0.3, -0.25) is 25.2 Å². The van der Waals surface area contributed by atoms with E-state index in [0.29, 0.717) is 11.4 Å². The van der Waals surface area contributed by atoms with Crippen LogP contribution in [0.2, 0.25) is 0 Å². The first-order chi connectivity index (χ1) is 44.6. The average Bonchev–Trinajstić information content (AvgIpc) is 2.07. The van der Waals surface area contributed by atoms with Crippen LogP contribution < -0.4 is 44.1 Å². The van der Waals surface area contributed by atoms with Crippen molar-refractivity contribution < 1.29 is 117 Å². The zero-order chi connectivity index (χ0) is 66.8. The Hall–Kier alpha value is -4.89. The van der Waals surface area contributed by atoms with Crippen molar-refractivity contribution in [2.24, 2.45) is 27.5 Å². The first-order valence-corrected chi connectivity index (χ1v) is 30.7. The molecule has 3 fully saturated rings. The summed E-state index contributed by atoms with van der Waals surface area (Å²) in [6, 6.07) is -2.09. The molecule has 37 heteroatoms. The number of nitrogens with zero attached hydrogens (tertiary/aromatic N) is 5. The number of hydrogen-bond donors (Lipinski definition) is 17. The number of ether oxygens (including phenoxy) is 12. The van der Waals surface area contributed by atoms with Gasteiger partial charge in [-0.2, -0.15) is 5.10 Å². The van der Waals surface area contributed by atoms with E-state index in [4.69, 9.17) is 74.3 Å². The molecule has 1 aromatic rings. The van der Waals surface area contributed by atoms with E-state index in [0.717, 1.165) is 0 Å². The summed E-state index contributed by atoms with van der Waals surface area (Å²) < 4.78 is 67.5. The molecule has 0 aliphatic carbocycles. The Morgan fingerprint density at radius 3 is 1.51 bits per heavy atom. The first-order valence-electron chi connectivity index (χ1n) is 30.7. The van der Waals surface area contributed by atoms with E-state index in [2.05, 4.69) is 47.1 Å². The minimum atomic E-state index is -1.30. The lowest BCUT2D eigenvalue weighted by atomic mass is 9.84. The summed E-state index contributed by atoms with van der Waals surface area (Å²) in [5.74, 6) is 10.1. The average molecular weight is 1330 g/mol. The van der Waals surface area contributed by atoms with Gasteiger partial charge in [0.1, 0.15) is 78.4 Å². The highest BCUT2D eigenvalue weighted by atomic mass is 16.6. The molecule has 3 aliphatic heterocycles. The van der Waals surface area contributed by atoms with Crippen molar-refractivity contribution in [2.75, 3.05) is 172 Å². The van der Waals surface area contributed by atoms with E-state index in [-0.39, 0.29) is 220 Å². The molecule has 0 aromatic carbocycles. The van der Waals surface area contributed by atoms with Crippen LogP contribution >= 0.6 is 0 Å². The lowest BCUT2D eigenvalue weighted by Crippen LogP contribution is -2.58. The summed E-state index contributed by atoms with van der Waals surface area (Å²) in [4.78, 5) is 43.0. The molecular weight excluding hydrogens is 1230 g/mol. The minimum Gasteiger partial charge on any atom is -0.394 e. The Kier molecular flexibility index (Phi) is 40.7. The molecule has 3 saturated heterocycles. The summed E-state index contributed by atoms with van der Waals surface area (Å²) in [6.45, 7) is 3.24. The molecule has 13 atom stereocenters. The van der Waals surface area contributed by atoms with Crippen molar-refractivity contribution in [1.82, 2.24) is 41.7 Å². The van der Waals surface area contributed by atoms with Crippen LogP contribution in [0.5, 0.6) is 0 Å². The molecule has 1 aromatic heterocycles. The Morgan fingerprint density at radius 1 is 0.587 bits per heavy atom. The molecule has 0 radical (unpaired) electrons. The van der Waals surface area contributed by atoms with Gasteiger partial charge in [-0.25, -0.2) is 4.68 Å². The summed E-state index contributed by atoms with van der Waals surface area (Å²) in [7, 11) is 0. The highest BCUT2D eigenvalue weighted by Crippen LogP contribution is 2.25. The number of carbonyl (C=O) groups excluding carboxylic acids is 3. The molecule has 4 heterocycles. The molecule has 4 rings (SSSR count). The van der Waals surface area contributed by atoms with Crippen molar-refractivity contribution in [1.29, 1.82) is 0 Å². The van der Waals surface area contributed by atoms with Crippen molar-refractivity contribution in [3.63, 3.8) is 0 Å². The number of rotatable bonds is 51. The number of nitrogens with two attached hydrogens (primary N) is 3. The van der Waals surface area contributed by atoms with Crippen LogP contribution in [0.15, 0.2) is 28.2 Å². The van der Waals surface area contributed by atoms with Gasteiger partial charge in [-0.05, 0) is 19.3 Å². The van der Waals surface area contributed by atoms with Crippen molar-refractivity contribution in [2.45, 2.75) is 124 Å². The van der Waals surface area contributed by atoms with Crippen LogP contribution in [0.3, 0.4) is 0 Å². The lowest BCUT2D eigenvalue weighted by molar-refractivity contribution is -0.171. The van der Waals surface area contributed by atoms with Gasteiger partial charge >= 0.3 is 0 Å². The van der Waals surface area contributed by atoms with Crippen LogP contribution in [0, 0.1) is 0 Å². The maximum absolute atomic E-state index is 12.9. The molecule has 92 heavy (non-hydrogen) atoms. The third-order valence-electron chi connectivity index (χ3n) is 14.8. The Bertz CT molecular complexity index is 2250. The molecule has 0 spiro atoms. The van der Waals surface area contributed by atoms with Crippen LogP contribution in [0.25, 0.3) is 0 Å². The Balaban J connectivity index is 1.07. The second-order valence-electron chi connectivity index (χ2n) is 21.7. The van der Waals surface area contributed by atoms with Gasteiger partial charge in [-0.1, -0.05) is 5.21 Å². The lowest BCUT2D eigenvalue weighted by Gasteiger charge is -2.37. The second-order valence-corrected chi connectivity index (χ2v) is 21.7. The molecule has 3 amide bonds. The van der Waals surface area contributed by atoms with Gasteiger partial charge in [0.2, 0.25) is 17.7 Å². The number of hydrogen-bond acceptors (Lipinski definition) is 33. The topological polar surface area (TPSA) is 538 Å². The number of hydrazone groups is 1. The number of hydrazine groups is 1. The predicted molar refractivity (Wildman–Crippen MR) is 322 cm³/mol. The number of carbonyl (C=O) groups is 3. The number of aromatic nitrogens is 3. The number of aliphatic hydroxyl groups excluding tert-OH is 9. The normalized spacial score (nSPS) is 25.4. The summed E-state index contributed by atoms with van der Waals surface area (Å²) in [5, 5.41) is 112. The number of amides is 3. The zero-order valence-electron chi connectivity index (χ0n) is 52.1. The summed E-state index contributed by atoms with van der Waals surface area (Å²) in [5.41, 5.74) is 9.49. The molecule has 530 valence electrons. The van der Waals surface area contributed by atoms with Crippen molar-refractivity contribution >= 4 is 29.6 Å². The van der Waals surface area contributed by atoms with Gasteiger partial charge < -0.3 is 141 Å². The van der Waals surface area contributed by atoms with E-state index in [9.17, 15) is 60.3 Å².